The Kier molecular flexibility index (Phi) is 5.78. The molecule has 0 unspecified atom stereocenters. The molecule has 10 heteroatoms. The van der Waals surface area contributed by atoms with Crippen LogP contribution in [0.25, 0.3) is 11.0 Å². The topological polar surface area (TPSA) is 116 Å². The molecule has 3 aromatic rings. The van der Waals surface area contributed by atoms with Crippen molar-refractivity contribution >= 4 is 51.4 Å². The van der Waals surface area contributed by atoms with Crippen molar-refractivity contribution in [2.45, 2.75) is 0 Å². The second-order valence-corrected chi connectivity index (χ2v) is 6.69. The molecule has 0 aliphatic carbocycles. The zero-order valence-corrected chi connectivity index (χ0v) is 16.9. The molecule has 1 heterocycles. The van der Waals surface area contributed by atoms with E-state index in [1.807, 2.05) is 6.07 Å². The average molecular weight is 495 g/mol. The van der Waals surface area contributed by atoms with Crippen LogP contribution in [0.15, 0.2) is 45.9 Å². The van der Waals surface area contributed by atoms with Crippen LogP contribution in [-0.4, -0.2) is 31.3 Å². The molecule has 28 heavy (non-hydrogen) atoms. The molecule has 9 nitrogen and oxygen atoms in total. The molecule has 0 saturated heterocycles. The summed E-state index contributed by atoms with van der Waals surface area (Å²) < 4.78 is 16.8. The van der Waals surface area contributed by atoms with Gasteiger partial charge in [0.2, 0.25) is 0 Å². The van der Waals surface area contributed by atoms with E-state index in [0.29, 0.717) is 28.0 Å². The Labute approximate surface area is 172 Å². The molecule has 0 aliphatic heterocycles. The number of halogens is 1. The van der Waals surface area contributed by atoms with Crippen molar-refractivity contribution in [3.05, 3.63) is 61.4 Å². The van der Waals surface area contributed by atoms with Gasteiger partial charge in [-0.3, -0.25) is 14.9 Å². The molecule has 0 spiro atoms. The van der Waals surface area contributed by atoms with Crippen molar-refractivity contribution in [3.63, 3.8) is 0 Å². The quantitative estimate of drug-likeness (QED) is 0.241. The number of carbonyl (C=O) groups is 1. The van der Waals surface area contributed by atoms with Crippen molar-refractivity contribution in [2.75, 3.05) is 14.2 Å². The Morgan fingerprint density at radius 2 is 2.04 bits per heavy atom. The standard InChI is InChI=1S/C18H14IN3O6/c1-26-15-6-10(5-13(19)17(15)27-2)9-20-21-18(23)16-8-11-7-12(22(24)25)3-4-14(11)28-16/h3-9H,1-2H3,(H,21,23)/b20-9-. The van der Waals surface area contributed by atoms with Crippen molar-refractivity contribution in [3.8, 4) is 11.5 Å². The SMILES string of the molecule is COc1cc(/C=N\NC(=O)c2cc3cc([N+](=O)[O-])ccc3o2)cc(I)c1OC. The number of nitrogens with one attached hydrogen (secondary N) is 1. The minimum atomic E-state index is -0.578. The third kappa shape index (κ3) is 4.06. The van der Waals surface area contributed by atoms with Crippen molar-refractivity contribution < 1.29 is 23.6 Å². The highest BCUT2D eigenvalue weighted by molar-refractivity contribution is 14.1. The van der Waals surface area contributed by atoms with E-state index < -0.39 is 10.8 Å². The maximum atomic E-state index is 12.2. The first-order chi connectivity index (χ1) is 13.4. The van der Waals surface area contributed by atoms with E-state index in [9.17, 15) is 14.9 Å². The molecule has 0 radical (unpaired) electrons. The number of hydrogen-bond acceptors (Lipinski definition) is 7. The molecular weight excluding hydrogens is 481 g/mol. The molecule has 2 aromatic carbocycles. The van der Waals surface area contributed by atoms with Gasteiger partial charge in [-0.2, -0.15) is 5.10 Å². The lowest BCUT2D eigenvalue weighted by atomic mass is 10.2. The normalized spacial score (nSPS) is 11.0. The summed E-state index contributed by atoms with van der Waals surface area (Å²) in [6, 6.07) is 9.05. The van der Waals surface area contributed by atoms with E-state index in [-0.39, 0.29) is 11.4 Å². The summed E-state index contributed by atoms with van der Waals surface area (Å²) in [5.41, 5.74) is 3.34. The molecule has 0 bridgehead atoms. The number of hydrogen-bond donors (Lipinski definition) is 1. The lowest BCUT2D eigenvalue weighted by Crippen LogP contribution is -2.16. The maximum Gasteiger partial charge on any atom is 0.307 e. The Morgan fingerprint density at radius 1 is 1.25 bits per heavy atom. The van der Waals surface area contributed by atoms with Crippen molar-refractivity contribution in [2.24, 2.45) is 5.10 Å². The fraction of sp³-hybridized carbons (Fsp3) is 0.111. The predicted molar refractivity (Wildman–Crippen MR) is 110 cm³/mol. The van der Waals surface area contributed by atoms with Gasteiger partial charge in [-0.05, 0) is 52.4 Å². The molecule has 1 amide bonds. The second-order valence-electron chi connectivity index (χ2n) is 5.53. The van der Waals surface area contributed by atoms with Gasteiger partial charge in [0.1, 0.15) is 5.58 Å². The zero-order chi connectivity index (χ0) is 20.3. The molecule has 0 fully saturated rings. The number of non-ortho nitro benzene ring substituents is 1. The number of benzene rings is 2. The minimum absolute atomic E-state index is 0.00506. The van der Waals surface area contributed by atoms with Gasteiger partial charge in [-0.15, -0.1) is 0 Å². The van der Waals surface area contributed by atoms with E-state index >= 15 is 0 Å². The number of carbonyl (C=O) groups excluding carboxylic acids is 1. The van der Waals surface area contributed by atoms with Crippen molar-refractivity contribution in [1.29, 1.82) is 0 Å². The smallest absolute Gasteiger partial charge is 0.307 e. The number of hydrazone groups is 1. The van der Waals surface area contributed by atoms with Crippen LogP contribution >= 0.6 is 22.6 Å². The molecular formula is C18H14IN3O6. The van der Waals surface area contributed by atoms with Gasteiger partial charge < -0.3 is 13.9 Å². The number of ether oxygens (including phenoxy) is 2. The summed E-state index contributed by atoms with van der Waals surface area (Å²) in [5, 5.41) is 15.2. The highest BCUT2D eigenvalue weighted by atomic mass is 127. The molecule has 144 valence electrons. The summed E-state index contributed by atoms with van der Waals surface area (Å²) >= 11 is 2.11. The monoisotopic (exact) mass is 495 g/mol. The first kappa shape index (κ1) is 19.6. The first-order valence-electron chi connectivity index (χ1n) is 7.86. The van der Waals surface area contributed by atoms with Crippen LogP contribution in [0, 0.1) is 13.7 Å². The Bertz CT molecular complexity index is 1090. The van der Waals surface area contributed by atoms with Gasteiger partial charge in [-0.25, -0.2) is 5.43 Å². The fourth-order valence-electron chi connectivity index (χ4n) is 2.49. The van der Waals surface area contributed by atoms with Gasteiger partial charge in [-0.1, -0.05) is 0 Å². The van der Waals surface area contributed by atoms with E-state index in [0.717, 1.165) is 3.57 Å². The number of rotatable bonds is 6. The Hall–Kier alpha value is -3.15. The van der Waals surface area contributed by atoms with E-state index in [1.165, 1.54) is 37.6 Å². The van der Waals surface area contributed by atoms with Crippen LogP contribution in [0.4, 0.5) is 5.69 Å². The molecule has 1 aromatic heterocycles. The van der Waals surface area contributed by atoms with Crippen molar-refractivity contribution in [1.82, 2.24) is 5.43 Å². The molecule has 0 atom stereocenters. The maximum absolute atomic E-state index is 12.2. The van der Waals surface area contributed by atoms with Crippen LogP contribution in [-0.2, 0) is 0 Å². The number of fused-ring (bicyclic) bond motifs is 1. The molecule has 0 saturated carbocycles. The predicted octanol–water partition coefficient (Wildman–Crippen LogP) is 3.73. The molecule has 3 rings (SSSR count). The zero-order valence-electron chi connectivity index (χ0n) is 14.8. The summed E-state index contributed by atoms with van der Waals surface area (Å²) in [7, 11) is 3.08. The minimum Gasteiger partial charge on any atom is -0.493 e. The number of furan rings is 1. The van der Waals surface area contributed by atoms with Gasteiger partial charge >= 0.3 is 5.91 Å². The number of nitrogens with zero attached hydrogens (tertiary/aromatic N) is 2. The Balaban J connectivity index is 1.76. The largest absolute Gasteiger partial charge is 0.493 e. The highest BCUT2D eigenvalue weighted by Crippen LogP contribution is 2.33. The van der Waals surface area contributed by atoms with Gasteiger partial charge in [0.15, 0.2) is 17.3 Å². The summed E-state index contributed by atoms with van der Waals surface area (Å²) in [6.45, 7) is 0. The molecule has 0 aliphatic rings. The summed E-state index contributed by atoms with van der Waals surface area (Å²) in [4.78, 5) is 22.5. The summed E-state index contributed by atoms with van der Waals surface area (Å²) in [5.74, 6) is 0.571. The van der Waals surface area contributed by atoms with Crippen LogP contribution in [0.3, 0.4) is 0 Å². The second kappa shape index (κ2) is 8.25. The van der Waals surface area contributed by atoms with E-state index in [1.54, 1.807) is 13.2 Å². The number of methoxy groups -OCH3 is 2. The van der Waals surface area contributed by atoms with Gasteiger partial charge in [0.25, 0.3) is 5.69 Å². The number of nitro benzene ring substituents is 1. The van der Waals surface area contributed by atoms with Gasteiger partial charge in [0, 0.05) is 17.5 Å². The van der Waals surface area contributed by atoms with Crippen LogP contribution < -0.4 is 14.9 Å². The Morgan fingerprint density at radius 3 is 2.71 bits per heavy atom. The number of amides is 1. The first-order valence-corrected chi connectivity index (χ1v) is 8.93. The third-order valence-electron chi connectivity index (χ3n) is 3.77. The fourth-order valence-corrected chi connectivity index (χ4v) is 3.33. The van der Waals surface area contributed by atoms with Crippen LogP contribution in [0.5, 0.6) is 11.5 Å². The van der Waals surface area contributed by atoms with E-state index in [4.69, 9.17) is 13.9 Å². The number of nitro groups is 1. The summed E-state index contributed by atoms with van der Waals surface area (Å²) in [6.07, 6.45) is 1.45. The van der Waals surface area contributed by atoms with Gasteiger partial charge in [0.05, 0.1) is 28.9 Å². The lowest BCUT2D eigenvalue weighted by Gasteiger charge is -2.10. The molecule has 1 N–H and O–H groups in total. The highest BCUT2D eigenvalue weighted by Gasteiger charge is 2.15. The lowest BCUT2D eigenvalue weighted by molar-refractivity contribution is -0.384. The van der Waals surface area contributed by atoms with Crippen LogP contribution in [0.2, 0.25) is 0 Å². The van der Waals surface area contributed by atoms with Crippen LogP contribution in [0.1, 0.15) is 16.1 Å². The average Bonchev–Trinajstić information content (AvgIpc) is 3.10. The van der Waals surface area contributed by atoms with E-state index in [2.05, 4.69) is 33.1 Å². The third-order valence-corrected chi connectivity index (χ3v) is 4.57.